The standard InChI is InChI=1S/C11H13N.C2H6/c1-9(12-11-7-8-11)10-5-3-2-4-6-10;1-2/h2-6,11H,7-8H2,1H3;1-2H3. The van der Waals surface area contributed by atoms with Gasteiger partial charge in [-0.3, -0.25) is 4.99 Å². The van der Waals surface area contributed by atoms with Crippen LogP contribution in [0.25, 0.3) is 0 Å². The van der Waals surface area contributed by atoms with Gasteiger partial charge in [-0.2, -0.15) is 0 Å². The van der Waals surface area contributed by atoms with Crippen molar-refractivity contribution in [3.8, 4) is 0 Å². The molecule has 1 heteroatoms. The van der Waals surface area contributed by atoms with Crippen molar-refractivity contribution < 1.29 is 0 Å². The van der Waals surface area contributed by atoms with E-state index >= 15 is 0 Å². The van der Waals surface area contributed by atoms with Gasteiger partial charge in [0.05, 0.1) is 6.04 Å². The fraction of sp³-hybridized carbons (Fsp3) is 0.462. The number of hydrogen-bond donors (Lipinski definition) is 0. The number of hydrogen-bond acceptors (Lipinski definition) is 1. The van der Waals surface area contributed by atoms with Gasteiger partial charge in [0, 0.05) is 5.71 Å². The molecule has 1 fully saturated rings. The molecule has 0 spiro atoms. The van der Waals surface area contributed by atoms with Crippen molar-refractivity contribution in [1.82, 2.24) is 0 Å². The Morgan fingerprint density at radius 2 is 1.71 bits per heavy atom. The molecule has 0 aromatic heterocycles. The maximum atomic E-state index is 4.58. The highest BCUT2D eigenvalue weighted by atomic mass is 14.8. The van der Waals surface area contributed by atoms with Crippen molar-refractivity contribution in [2.24, 2.45) is 4.99 Å². The summed E-state index contributed by atoms with van der Waals surface area (Å²) in [6.45, 7) is 6.09. The van der Waals surface area contributed by atoms with Crippen molar-refractivity contribution in [3.63, 3.8) is 0 Å². The average molecular weight is 189 g/mol. The van der Waals surface area contributed by atoms with E-state index in [0.717, 1.165) is 0 Å². The van der Waals surface area contributed by atoms with Gasteiger partial charge in [0.25, 0.3) is 0 Å². The molecule has 0 heterocycles. The van der Waals surface area contributed by atoms with Crippen molar-refractivity contribution >= 4 is 5.71 Å². The lowest BCUT2D eigenvalue weighted by Crippen LogP contribution is -1.95. The Morgan fingerprint density at radius 3 is 2.21 bits per heavy atom. The fourth-order valence-corrected chi connectivity index (χ4v) is 1.23. The van der Waals surface area contributed by atoms with Gasteiger partial charge >= 0.3 is 0 Å². The molecular weight excluding hydrogens is 170 g/mol. The summed E-state index contributed by atoms with van der Waals surface area (Å²) in [6.07, 6.45) is 2.56. The molecule has 1 aromatic rings. The van der Waals surface area contributed by atoms with Gasteiger partial charge in [-0.15, -0.1) is 0 Å². The smallest absolute Gasteiger partial charge is 0.0504 e. The van der Waals surface area contributed by atoms with Crippen LogP contribution in [0, 0.1) is 0 Å². The van der Waals surface area contributed by atoms with Gasteiger partial charge < -0.3 is 0 Å². The molecule has 1 aliphatic carbocycles. The van der Waals surface area contributed by atoms with E-state index < -0.39 is 0 Å². The molecule has 0 radical (unpaired) electrons. The minimum atomic E-state index is 0.630. The minimum Gasteiger partial charge on any atom is -0.286 e. The number of aliphatic imine (C=N–C) groups is 1. The summed E-state index contributed by atoms with van der Waals surface area (Å²) in [5.41, 5.74) is 2.43. The molecule has 0 bridgehead atoms. The summed E-state index contributed by atoms with van der Waals surface area (Å²) in [5, 5.41) is 0. The molecule has 1 aliphatic rings. The first-order chi connectivity index (χ1) is 6.86. The third-order valence-electron chi connectivity index (χ3n) is 2.11. The maximum absolute atomic E-state index is 4.58. The van der Waals surface area contributed by atoms with Crippen molar-refractivity contribution in [2.75, 3.05) is 0 Å². The van der Waals surface area contributed by atoms with Gasteiger partial charge in [0.1, 0.15) is 0 Å². The van der Waals surface area contributed by atoms with E-state index in [1.54, 1.807) is 0 Å². The van der Waals surface area contributed by atoms with Crippen LogP contribution in [0.4, 0.5) is 0 Å². The van der Waals surface area contributed by atoms with E-state index in [-0.39, 0.29) is 0 Å². The van der Waals surface area contributed by atoms with Crippen LogP contribution in [-0.4, -0.2) is 11.8 Å². The van der Waals surface area contributed by atoms with E-state index in [9.17, 15) is 0 Å². The van der Waals surface area contributed by atoms with Gasteiger partial charge in [-0.05, 0) is 25.3 Å². The summed E-state index contributed by atoms with van der Waals surface area (Å²) < 4.78 is 0. The highest BCUT2D eigenvalue weighted by Gasteiger charge is 2.20. The molecule has 0 atom stereocenters. The van der Waals surface area contributed by atoms with Crippen molar-refractivity contribution in [1.29, 1.82) is 0 Å². The largest absolute Gasteiger partial charge is 0.286 e. The SMILES string of the molecule is CC.CC(=NC1CC1)c1ccccc1. The zero-order valence-electron chi connectivity index (χ0n) is 9.33. The molecule has 76 valence electrons. The summed E-state index contributed by atoms with van der Waals surface area (Å²) in [5.74, 6) is 0. The Bertz CT molecular complexity index is 283. The molecule has 14 heavy (non-hydrogen) atoms. The first-order valence-electron chi connectivity index (χ1n) is 5.46. The number of benzene rings is 1. The predicted octanol–water partition coefficient (Wildman–Crippen LogP) is 3.68. The topological polar surface area (TPSA) is 12.4 Å². The second-order valence-corrected chi connectivity index (χ2v) is 3.31. The van der Waals surface area contributed by atoms with Crippen LogP contribution in [0.15, 0.2) is 35.3 Å². The number of rotatable bonds is 2. The maximum Gasteiger partial charge on any atom is 0.0504 e. The molecule has 1 aromatic carbocycles. The fourth-order valence-electron chi connectivity index (χ4n) is 1.23. The van der Waals surface area contributed by atoms with Crippen LogP contribution < -0.4 is 0 Å². The molecule has 2 rings (SSSR count). The summed E-state index contributed by atoms with van der Waals surface area (Å²) >= 11 is 0. The first-order valence-corrected chi connectivity index (χ1v) is 5.46. The summed E-state index contributed by atoms with van der Waals surface area (Å²) in [6, 6.07) is 11.0. The van der Waals surface area contributed by atoms with Crippen LogP contribution >= 0.6 is 0 Å². The lowest BCUT2D eigenvalue weighted by atomic mass is 10.1. The van der Waals surface area contributed by atoms with Crippen molar-refractivity contribution in [3.05, 3.63) is 35.9 Å². The number of nitrogens with zero attached hydrogens (tertiary/aromatic N) is 1. The molecule has 1 nitrogen and oxygen atoms in total. The van der Waals surface area contributed by atoms with E-state index in [1.165, 1.54) is 24.1 Å². The quantitative estimate of drug-likeness (QED) is 0.629. The predicted molar refractivity (Wildman–Crippen MR) is 63.0 cm³/mol. The molecule has 0 N–H and O–H groups in total. The molecule has 0 saturated heterocycles. The van der Waals surface area contributed by atoms with Gasteiger partial charge in [-0.25, -0.2) is 0 Å². The molecule has 0 amide bonds. The summed E-state index contributed by atoms with van der Waals surface area (Å²) in [4.78, 5) is 4.58. The van der Waals surface area contributed by atoms with Crippen LogP contribution in [0.1, 0.15) is 39.2 Å². The van der Waals surface area contributed by atoms with Crippen LogP contribution in [0.2, 0.25) is 0 Å². The monoisotopic (exact) mass is 189 g/mol. The molecular formula is C13H19N. The Kier molecular flexibility index (Phi) is 4.37. The zero-order valence-corrected chi connectivity index (χ0v) is 9.33. The molecule has 0 aliphatic heterocycles. The second-order valence-electron chi connectivity index (χ2n) is 3.31. The van der Waals surface area contributed by atoms with Gasteiger partial charge in [0.15, 0.2) is 0 Å². The normalized spacial score (nSPS) is 15.8. The molecule has 0 unspecified atom stereocenters. The highest BCUT2D eigenvalue weighted by molar-refractivity contribution is 5.98. The van der Waals surface area contributed by atoms with Crippen LogP contribution in [0.5, 0.6) is 0 Å². The average Bonchev–Trinajstić information content (AvgIpc) is 3.06. The van der Waals surface area contributed by atoms with Gasteiger partial charge in [-0.1, -0.05) is 44.2 Å². The summed E-state index contributed by atoms with van der Waals surface area (Å²) in [7, 11) is 0. The van der Waals surface area contributed by atoms with Gasteiger partial charge in [0.2, 0.25) is 0 Å². The van der Waals surface area contributed by atoms with E-state index in [4.69, 9.17) is 0 Å². The van der Waals surface area contributed by atoms with Crippen LogP contribution in [-0.2, 0) is 0 Å². The third-order valence-corrected chi connectivity index (χ3v) is 2.11. The van der Waals surface area contributed by atoms with E-state index in [0.29, 0.717) is 6.04 Å². The third kappa shape index (κ3) is 3.33. The Labute approximate surface area is 86.9 Å². The lowest BCUT2D eigenvalue weighted by Gasteiger charge is -1.98. The Hall–Kier alpha value is -1.11. The lowest BCUT2D eigenvalue weighted by molar-refractivity contribution is 1.06. The minimum absolute atomic E-state index is 0.630. The van der Waals surface area contributed by atoms with Crippen molar-refractivity contribution in [2.45, 2.75) is 39.7 Å². The van der Waals surface area contributed by atoms with E-state index in [2.05, 4.69) is 36.2 Å². The first kappa shape index (κ1) is 11.0. The van der Waals surface area contributed by atoms with E-state index in [1.807, 2.05) is 19.9 Å². The van der Waals surface area contributed by atoms with Crippen LogP contribution in [0.3, 0.4) is 0 Å². The molecule has 1 saturated carbocycles. The Morgan fingerprint density at radius 1 is 1.14 bits per heavy atom. The zero-order chi connectivity index (χ0) is 10.4. The second kappa shape index (κ2) is 5.58. The highest BCUT2D eigenvalue weighted by Crippen LogP contribution is 2.24. The Balaban J connectivity index is 0.000000461.